The van der Waals surface area contributed by atoms with Gasteiger partial charge in [-0.1, -0.05) is 19.1 Å². The van der Waals surface area contributed by atoms with Crippen LogP contribution in [0, 0.1) is 0 Å². The van der Waals surface area contributed by atoms with Gasteiger partial charge in [-0.3, -0.25) is 9.10 Å². The first-order chi connectivity index (χ1) is 20.4. The van der Waals surface area contributed by atoms with E-state index in [4.69, 9.17) is 9.47 Å². The Morgan fingerprint density at radius 1 is 1.05 bits per heavy atom. The molecule has 218 valence electrons. The number of anilines is 2. The van der Waals surface area contributed by atoms with Gasteiger partial charge in [0.2, 0.25) is 17.5 Å². The molecule has 3 aromatic heterocycles. The molecule has 10 nitrogen and oxygen atoms in total. The lowest BCUT2D eigenvalue weighted by molar-refractivity contribution is -0.128. The molecule has 4 aromatic rings. The van der Waals surface area contributed by atoms with Gasteiger partial charge in [0, 0.05) is 23.2 Å². The Hall–Kier alpha value is -4.32. The standard InChI is InChI=1S/C30H32FN7O3S/c1-4-30(31,28(39)37-26-13-8-21(16-34-26)24-17-35-27(18-33-24)41-5-2)25-14-15-32-29(36-25)38(42-23-11-12-23)19-20-6-9-22(40-3)10-7-20/h6-10,13-18,23H,4-5,11-12,19H2,1-3H3,(H,34,37,39). The van der Waals surface area contributed by atoms with E-state index < -0.39 is 11.6 Å². The first-order valence-electron chi connectivity index (χ1n) is 13.7. The van der Waals surface area contributed by atoms with Gasteiger partial charge in [-0.15, -0.1) is 0 Å². The number of nitrogens with one attached hydrogen (secondary N) is 1. The van der Waals surface area contributed by atoms with Crippen LogP contribution in [0.1, 0.15) is 44.4 Å². The molecule has 42 heavy (non-hydrogen) atoms. The van der Waals surface area contributed by atoms with E-state index in [-0.39, 0.29) is 17.9 Å². The van der Waals surface area contributed by atoms with Crippen molar-refractivity contribution in [2.75, 3.05) is 23.3 Å². The highest BCUT2D eigenvalue weighted by molar-refractivity contribution is 8.01. The van der Waals surface area contributed by atoms with E-state index in [2.05, 4.69) is 30.2 Å². The molecule has 1 fully saturated rings. The minimum absolute atomic E-state index is 0.00934. The second-order valence-corrected chi connectivity index (χ2v) is 11.0. The lowest BCUT2D eigenvalue weighted by atomic mass is 9.97. The number of aromatic nitrogens is 5. The van der Waals surface area contributed by atoms with Crippen LogP contribution in [0.15, 0.2) is 67.3 Å². The van der Waals surface area contributed by atoms with Gasteiger partial charge < -0.3 is 14.8 Å². The summed E-state index contributed by atoms with van der Waals surface area (Å²) in [5, 5.41) is 3.07. The van der Waals surface area contributed by atoms with Crippen molar-refractivity contribution in [1.29, 1.82) is 0 Å². The van der Waals surface area contributed by atoms with Crippen molar-refractivity contribution in [3.05, 3.63) is 78.5 Å². The Bertz CT molecular complexity index is 1490. The molecule has 3 heterocycles. The average molecular weight is 590 g/mol. The maximum absolute atomic E-state index is 16.4. The Morgan fingerprint density at radius 3 is 2.48 bits per heavy atom. The van der Waals surface area contributed by atoms with Gasteiger partial charge in [-0.05, 0) is 74.0 Å². The van der Waals surface area contributed by atoms with Crippen LogP contribution in [-0.4, -0.2) is 49.8 Å². The fraction of sp³-hybridized carbons (Fsp3) is 0.333. The first-order valence-corrected chi connectivity index (χ1v) is 14.6. The Morgan fingerprint density at radius 2 is 1.86 bits per heavy atom. The van der Waals surface area contributed by atoms with Crippen LogP contribution >= 0.6 is 11.9 Å². The van der Waals surface area contributed by atoms with Crippen molar-refractivity contribution in [3.8, 4) is 22.9 Å². The Balaban J connectivity index is 1.32. The summed E-state index contributed by atoms with van der Waals surface area (Å²) in [4.78, 5) is 35.1. The second kappa shape index (κ2) is 13.1. The van der Waals surface area contributed by atoms with E-state index in [1.165, 1.54) is 18.5 Å². The van der Waals surface area contributed by atoms with Crippen molar-refractivity contribution < 1.29 is 18.7 Å². The number of hydrogen-bond donors (Lipinski definition) is 1. The minimum atomic E-state index is -2.39. The summed E-state index contributed by atoms with van der Waals surface area (Å²) in [6.45, 7) is 4.49. The lowest BCUT2D eigenvalue weighted by Gasteiger charge is -2.25. The third kappa shape index (κ3) is 6.93. The van der Waals surface area contributed by atoms with Crippen molar-refractivity contribution in [2.24, 2.45) is 0 Å². The zero-order valence-electron chi connectivity index (χ0n) is 23.7. The number of hydrogen-bond acceptors (Lipinski definition) is 10. The van der Waals surface area contributed by atoms with Crippen LogP contribution in [-0.2, 0) is 17.0 Å². The number of alkyl halides is 1. The number of nitrogens with zero attached hydrogens (tertiary/aromatic N) is 6. The quantitative estimate of drug-likeness (QED) is 0.193. The monoisotopic (exact) mass is 589 g/mol. The van der Waals surface area contributed by atoms with Crippen LogP contribution < -0.4 is 19.1 Å². The molecule has 1 N–H and O–H groups in total. The zero-order valence-corrected chi connectivity index (χ0v) is 24.5. The second-order valence-electron chi connectivity index (χ2n) is 9.65. The van der Waals surface area contributed by atoms with Crippen LogP contribution in [0.2, 0.25) is 0 Å². The lowest BCUT2D eigenvalue weighted by Crippen LogP contribution is -2.37. The number of amides is 1. The van der Waals surface area contributed by atoms with Crippen LogP contribution in [0.5, 0.6) is 11.6 Å². The summed E-state index contributed by atoms with van der Waals surface area (Å²) in [5.74, 6) is 0.899. The highest BCUT2D eigenvalue weighted by atomic mass is 32.2. The maximum atomic E-state index is 16.4. The molecule has 1 aliphatic carbocycles. The van der Waals surface area contributed by atoms with Crippen molar-refractivity contribution >= 4 is 29.6 Å². The van der Waals surface area contributed by atoms with Crippen LogP contribution in [0.25, 0.3) is 11.3 Å². The van der Waals surface area contributed by atoms with Gasteiger partial charge in [0.15, 0.2) is 0 Å². The van der Waals surface area contributed by atoms with Gasteiger partial charge in [0.05, 0.1) is 44.0 Å². The molecule has 0 saturated heterocycles. The fourth-order valence-corrected chi connectivity index (χ4v) is 5.19. The Kier molecular flexibility index (Phi) is 9.11. The summed E-state index contributed by atoms with van der Waals surface area (Å²) >= 11 is 1.64. The number of carbonyl (C=O) groups excluding carboxylic acids is 1. The van der Waals surface area contributed by atoms with Crippen molar-refractivity contribution in [2.45, 2.75) is 50.6 Å². The molecular weight excluding hydrogens is 557 g/mol. The van der Waals surface area contributed by atoms with E-state index in [1.54, 1.807) is 50.5 Å². The molecule has 12 heteroatoms. The maximum Gasteiger partial charge on any atom is 0.269 e. The fourth-order valence-electron chi connectivity index (χ4n) is 4.07. The van der Waals surface area contributed by atoms with Crippen molar-refractivity contribution in [3.63, 3.8) is 0 Å². The number of halogens is 1. The van der Waals surface area contributed by atoms with Crippen LogP contribution in [0.4, 0.5) is 16.2 Å². The van der Waals surface area contributed by atoms with E-state index in [0.29, 0.717) is 41.5 Å². The molecule has 0 aliphatic heterocycles. The molecule has 0 spiro atoms. The first kappa shape index (κ1) is 29.2. The number of benzene rings is 1. The highest BCUT2D eigenvalue weighted by Gasteiger charge is 2.41. The van der Waals surface area contributed by atoms with Crippen molar-refractivity contribution in [1.82, 2.24) is 24.9 Å². The number of rotatable bonds is 13. The molecule has 0 radical (unpaired) electrons. The normalized spacial score (nSPS) is 14.1. The van der Waals surface area contributed by atoms with Crippen LogP contribution in [0.3, 0.4) is 0 Å². The molecule has 1 saturated carbocycles. The van der Waals surface area contributed by atoms with E-state index in [0.717, 1.165) is 24.2 Å². The third-order valence-corrected chi connectivity index (χ3v) is 7.94. The molecule has 5 rings (SSSR count). The highest BCUT2D eigenvalue weighted by Crippen LogP contribution is 2.39. The van der Waals surface area contributed by atoms with Gasteiger partial charge in [-0.25, -0.2) is 29.3 Å². The average Bonchev–Trinajstić information content (AvgIpc) is 3.86. The minimum Gasteiger partial charge on any atom is -0.497 e. The van der Waals surface area contributed by atoms with E-state index in [1.807, 2.05) is 35.5 Å². The molecular formula is C30H32FN7O3S. The molecule has 0 bridgehead atoms. The predicted molar refractivity (Wildman–Crippen MR) is 160 cm³/mol. The molecule has 1 atom stereocenters. The number of ether oxygens (including phenoxy) is 2. The summed E-state index contributed by atoms with van der Waals surface area (Å²) in [5.41, 5.74) is -0.0901. The molecule has 1 unspecified atom stereocenters. The number of methoxy groups -OCH3 is 1. The molecule has 1 aliphatic rings. The Labute approximate surface area is 248 Å². The summed E-state index contributed by atoms with van der Waals surface area (Å²) in [7, 11) is 1.63. The molecule has 1 aromatic carbocycles. The zero-order chi connectivity index (χ0) is 29.5. The van der Waals surface area contributed by atoms with E-state index >= 15 is 4.39 Å². The largest absolute Gasteiger partial charge is 0.497 e. The predicted octanol–water partition coefficient (Wildman–Crippen LogP) is 5.77. The third-order valence-electron chi connectivity index (χ3n) is 6.63. The summed E-state index contributed by atoms with van der Waals surface area (Å²) in [6, 6.07) is 12.5. The summed E-state index contributed by atoms with van der Waals surface area (Å²) < 4.78 is 29.0. The van der Waals surface area contributed by atoms with Gasteiger partial charge >= 0.3 is 0 Å². The smallest absolute Gasteiger partial charge is 0.269 e. The number of carbonyl (C=O) groups is 1. The number of pyridine rings is 1. The van der Waals surface area contributed by atoms with Gasteiger partial charge in [0.25, 0.3) is 5.91 Å². The van der Waals surface area contributed by atoms with Gasteiger partial charge in [0.1, 0.15) is 11.6 Å². The van der Waals surface area contributed by atoms with E-state index in [9.17, 15) is 4.79 Å². The summed E-state index contributed by atoms with van der Waals surface area (Å²) in [6.07, 6.45) is 8.23. The topological polar surface area (TPSA) is 115 Å². The molecule has 1 amide bonds. The van der Waals surface area contributed by atoms with Gasteiger partial charge in [-0.2, -0.15) is 0 Å². The SMILES string of the molecule is CCOc1cnc(-c2ccc(NC(=O)C(F)(CC)c3ccnc(N(Cc4ccc(OC)cc4)SC4CC4)n3)nc2)cn1.